The lowest BCUT2D eigenvalue weighted by molar-refractivity contribution is -0.137. The molecule has 2 aromatic rings. The van der Waals surface area contributed by atoms with Crippen molar-refractivity contribution < 1.29 is 37.9 Å². The second-order valence-corrected chi connectivity index (χ2v) is 6.59. The van der Waals surface area contributed by atoms with Gasteiger partial charge < -0.3 is 33.7 Å². The molecule has 31 heavy (non-hydrogen) atoms. The Morgan fingerprint density at radius 3 is 2.58 bits per heavy atom. The molecule has 0 saturated carbocycles. The van der Waals surface area contributed by atoms with Crippen LogP contribution in [0.2, 0.25) is 0 Å². The highest BCUT2D eigenvalue weighted by molar-refractivity contribution is 5.95. The van der Waals surface area contributed by atoms with E-state index in [1.54, 1.807) is 11.8 Å². The third kappa shape index (κ3) is 6.19. The molecular weight excluding hydrogens is 410 g/mol. The molecule has 1 aromatic heterocycles. The molecule has 1 aliphatic heterocycles. The lowest BCUT2D eigenvalue weighted by atomic mass is 10.2. The second kappa shape index (κ2) is 10.4. The first kappa shape index (κ1) is 22.1. The molecule has 11 nitrogen and oxygen atoms in total. The van der Waals surface area contributed by atoms with Crippen LogP contribution >= 0.6 is 0 Å². The summed E-state index contributed by atoms with van der Waals surface area (Å²) in [6, 6.07) is 5.90. The molecule has 2 amide bonds. The summed E-state index contributed by atoms with van der Waals surface area (Å²) < 4.78 is 25.9. The van der Waals surface area contributed by atoms with Gasteiger partial charge in [-0.05, 0) is 25.1 Å². The third-order valence-electron chi connectivity index (χ3n) is 4.34. The Bertz CT molecular complexity index is 936. The van der Waals surface area contributed by atoms with Crippen molar-refractivity contribution in [2.45, 2.75) is 6.92 Å². The monoisotopic (exact) mass is 433 g/mol. The van der Waals surface area contributed by atoms with E-state index in [9.17, 15) is 14.4 Å². The number of carbonyl (C=O) groups excluding carboxylic acids is 3. The first-order valence-electron chi connectivity index (χ1n) is 9.53. The van der Waals surface area contributed by atoms with Crippen molar-refractivity contribution in [1.82, 2.24) is 10.1 Å². The number of ether oxygens (including phenoxy) is 4. The van der Waals surface area contributed by atoms with Crippen molar-refractivity contribution in [2.24, 2.45) is 0 Å². The topological polar surface area (TPSA) is 129 Å². The summed E-state index contributed by atoms with van der Waals surface area (Å²) in [6.07, 6.45) is 0. The summed E-state index contributed by atoms with van der Waals surface area (Å²) in [5, 5.41) is 6.07. The SMILES string of the molecule is COc1cc(C(=O)OCC(=O)Nc2cc(C)on2)ccc1OCC(=O)N1CCOCC1. The van der Waals surface area contributed by atoms with Crippen LogP contribution in [0.4, 0.5) is 5.82 Å². The predicted molar refractivity (Wildman–Crippen MR) is 106 cm³/mol. The molecule has 0 aliphatic carbocycles. The van der Waals surface area contributed by atoms with Gasteiger partial charge in [-0.15, -0.1) is 0 Å². The fourth-order valence-corrected chi connectivity index (χ4v) is 2.78. The van der Waals surface area contributed by atoms with Crippen molar-refractivity contribution in [1.29, 1.82) is 0 Å². The number of rotatable bonds is 8. The highest BCUT2D eigenvalue weighted by atomic mass is 16.5. The third-order valence-corrected chi connectivity index (χ3v) is 4.34. The van der Waals surface area contributed by atoms with E-state index in [1.807, 2.05) is 0 Å². The van der Waals surface area contributed by atoms with E-state index in [2.05, 4.69) is 10.5 Å². The number of hydrogen-bond acceptors (Lipinski definition) is 9. The molecule has 3 rings (SSSR count). The summed E-state index contributed by atoms with van der Waals surface area (Å²) in [4.78, 5) is 38.0. The van der Waals surface area contributed by atoms with Crippen molar-refractivity contribution in [3.05, 3.63) is 35.6 Å². The number of hydrogen-bond donors (Lipinski definition) is 1. The van der Waals surface area contributed by atoms with Gasteiger partial charge in [0.15, 0.2) is 30.5 Å². The van der Waals surface area contributed by atoms with E-state index >= 15 is 0 Å². The molecule has 0 radical (unpaired) electrons. The minimum atomic E-state index is -0.722. The van der Waals surface area contributed by atoms with Crippen LogP contribution in [0.15, 0.2) is 28.8 Å². The van der Waals surface area contributed by atoms with Gasteiger partial charge in [0.2, 0.25) is 0 Å². The molecular formula is C20H23N3O8. The molecule has 0 bridgehead atoms. The molecule has 1 fully saturated rings. The summed E-state index contributed by atoms with van der Waals surface area (Å²) in [5.74, 6) is -0.119. The number of aromatic nitrogens is 1. The van der Waals surface area contributed by atoms with Crippen LogP contribution in [-0.2, 0) is 19.1 Å². The van der Waals surface area contributed by atoms with Gasteiger partial charge in [-0.3, -0.25) is 9.59 Å². The number of nitrogens with zero attached hydrogens (tertiary/aromatic N) is 2. The number of morpholine rings is 1. The van der Waals surface area contributed by atoms with Crippen LogP contribution in [0, 0.1) is 6.92 Å². The van der Waals surface area contributed by atoms with Gasteiger partial charge in [-0.25, -0.2) is 4.79 Å². The zero-order valence-electron chi connectivity index (χ0n) is 17.2. The van der Waals surface area contributed by atoms with Crippen molar-refractivity contribution in [2.75, 3.05) is 51.9 Å². The molecule has 166 valence electrons. The first-order chi connectivity index (χ1) is 15.0. The molecule has 0 atom stereocenters. The fraction of sp³-hybridized carbons (Fsp3) is 0.400. The van der Waals surface area contributed by atoms with Crippen molar-refractivity contribution >= 4 is 23.6 Å². The Hall–Kier alpha value is -3.60. The Labute approximate surface area is 178 Å². The largest absolute Gasteiger partial charge is 0.493 e. The number of methoxy groups -OCH3 is 1. The van der Waals surface area contributed by atoms with Crippen LogP contribution in [0.1, 0.15) is 16.1 Å². The molecule has 1 saturated heterocycles. The number of anilines is 1. The number of carbonyl (C=O) groups is 3. The normalized spacial score (nSPS) is 13.4. The zero-order valence-corrected chi connectivity index (χ0v) is 17.2. The molecule has 0 unspecified atom stereocenters. The van der Waals surface area contributed by atoms with E-state index in [1.165, 1.54) is 31.4 Å². The number of esters is 1. The van der Waals surface area contributed by atoms with E-state index < -0.39 is 18.5 Å². The lowest BCUT2D eigenvalue weighted by Gasteiger charge is -2.26. The van der Waals surface area contributed by atoms with Gasteiger partial charge in [0.05, 0.1) is 25.9 Å². The van der Waals surface area contributed by atoms with E-state index in [0.29, 0.717) is 37.8 Å². The average Bonchev–Trinajstić information content (AvgIpc) is 3.20. The summed E-state index contributed by atoms with van der Waals surface area (Å²) >= 11 is 0. The summed E-state index contributed by atoms with van der Waals surface area (Å²) in [6.45, 7) is 3.06. The Morgan fingerprint density at radius 1 is 1.13 bits per heavy atom. The average molecular weight is 433 g/mol. The van der Waals surface area contributed by atoms with Crippen molar-refractivity contribution in [3.8, 4) is 11.5 Å². The quantitative estimate of drug-likeness (QED) is 0.607. The van der Waals surface area contributed by atoms with E-state index in [0.717, 1.165) is 0 Å². The van der Waals surface area contributed by atoms with Gasteiger partial charge >= 0.3 is 5.97 Å². The maximum Gasteiger partial charge on any atom is 0.338 e. The standard InChI is InChI=1S/C20H23N3O8/c1-13-9-17(22-31-13)21-18(24)11-30-20(26)14-3-4-15(16(10-14)27-2)29-12-19(25)23-5-7-28-8-6-23/h3-4,9-10H,5-8,11-12H2,1-2H3,(H,21,22,24). The van der Waals surface area contributed by atoms with Crippen molar-refractivity contribution in [3.63, 3.8) is 0 Å². The zero-order chi connectivity index (χ0) is 22.2. The van der Waals surface area contributed by atoms with Crippen LogP contribution < -0.4 is 14.8 Å². The van der Waals surface area contributed by atoms with E-state index in [-0.39, 0.29) is 29.6 Å². The van der Waals surface area contributed by atoms with Gasteiger partial charge in [0, 0.05) is 19.2 Å². The molecule has 1 N–H and O–H groups in total. The predicted octanol–water partition coefficient (Wildman–Crippen LogP) is 1.02. The first-order valence-corrected chi connectivity index (χ1v) is 9.53. The number of benzene rings is 1. The number of aryl methyl sites for hydroxylation is 1. The van der Waals surface area contributed by atoms with Gasteiger partial charge in [-0.1, -0.05) is 5.16 Å². The smallest absolute Gasteiger partial charge is 0.338 e. The van der Waals surface area contributed by atoms with Gasteiger partial charge in [-0.2, -0.15) is 0 Å². The maximum absolute atomic E-state index is 12.3. The number of nitrogens with one attached hydrogen (secondary N) is 1. The molecule has 2 heterocycles. The molecule has 1 aromatic carbocycles. The summed E-state index contributed by atoms with van der Waals surface area (Å²) in [5.41, 5.74) is 0.161. The van der Waals surface area contributed by atoms with Crippen LogP contribution in [0.3, 0.4) is 0 Å². The Kier molecular flexibility index (Phi) is 7.44. The van der Waals surface area contributed by atoms with E-state index in [4.69, 9.17) is 23.5 Å². The molecule has 0 spiro atoms. The second-order valence-electron chi connectivity index (χ2n) is 6.59. The minimum Gasteiger partial charge on any atom is -0.493 e. The summed E-state index contributed by atoms with van der Waals surface area (Å²) in [7, 11) is 1.41. The molecule has 11 heteroatoms. The Morgan fingerprint density at radius 2 is 1.90 bits per heavy atom. The van der Waals surface area contributed by atoms with Crippen LogP contribution in [-0.4, -0.2) is 74.5 Å². The maximum atomic E-state index is 12.3. The highest BCUT2D eigenvalue weighted by Crippen LogP contribution is 2.28. The van der Waals surface area contributed by atoms with Crippen LogP contribution in [0.5, 0.6) is 11.5 Å². The lowest BCUT2D eigenvalue weighted by Crippen LogP contribution is -2.43. The highest BCUT2D eigenvalue weighted by Gasteiger charge is 2.19. The van der Waals surface area contributed by atoms with Gasteiger partial charge in [0.25, 0.3) is 11.8 Å². The fourth-order valence-electron chi connectivity index (χ4n) is 2.78. The Balaban J connectivity index is 1.52. The van der Waals surface area contributed by atoms with Crippen LogP contribution in [0.25, 0.3) is 0 Å². The molecule has 1 aliphatic rings. The minimum absolute atomic E-state index is 0.161. The number of amides is 2. The van der Waals surface area contributed by atoms with Gasteiger partial charge in [0.1, 0.15) is 5.76 Å².